The van der Waals surface area contributed by atoms with Gasteiger partial charge in [-0.1, -0.05) is 6.07 Å². The van der Waals surface area contributed by atoms with Crippen molar-refractivity contribution in [2.24, 2.45) is 0 Å². The molecule has 24 heavy (non-hydrogen) atoms. The molecule has 2 rings (SSSR count). The largest absolute Gasteiger partial charge is 0.618 e. The number of nitrogens with zero attached hydrogens (tertiary/aromatic N) is 1. The Morgan fingerprint density at radius 3 is 2.67 bits per heavy atom. The molecule has 0 bridgehead atoms. The molecule has 1 unspecified atom stereocenters. The average molecular weight is 348 g/mol. The molecule has 1 amide bonds. The molecule has 2 aromatic rings. The minimum atomic E-state index is -0.382. The minimum absolute atomic E-state index is 0.140. The fraction of sp³-hybridized carbons (Fsp3) is 0.294. The molecule has 0 aliphatic carbocycles. The Bertz CT molecular complexity index is 709. The van der Waals surface area contributed by atoms with Gasteiger partial charge in [0.2, 0.25) is 5.91 Å². The van der Waals surface area contributed by atoms with Crippen molar-refractivity contribution in [2.75, 3.05) is 14.2 Å². The molecule has 1 atom stereocenters. The summed E-state index contributed by atoms with van der Waals surface area (Å²) < 4.78 is 11.2. The minimum Gasteiger partial charge on any atom is -0.618 e. The average Bonchev–Trinajstić information content (AvgIpc) is 2.61. The van der Waals surface area contributed by atoms with E-state index in [0.29, 0.717) is 23.1 Å². The summed E-state index contributed by atoms with van der Waals surface area (Å²) in [5.41, 5.74) is 0.900. The number of thioether (sulfide) groups is 1. The summed E-state index contributed by atoms with van der Waals surface area (Å²) in [4.78, 5) is 12.2. The number of ether oxygens (including phenoxy) is 2. The maximum Gasteiger partial charge on any atom is 0.252 e. The molecule has 0 spiro atoms. The van der Waals surface area contributed by atoms with E-state index in [1.54, 1.807) is 45.4 Å². The highest BCUT2D eigenvalue weighted by molar-refractivity contribution is 8.00. The number of methoxy groups -OCH3 is 2. The molecule has 1 aromatic heterocycles. The topological polar surface area (TPSA) is 74.5 Å². The molecular weight excluding hydrogens is 328 g/mol. The van der Waals surface area contributed by atoms with Crippen LogP contribution in [-0.2, 0) is 11.3 Å². The zero-order valence-corrected chi connectivity index (χ0v) is 14.6. The third-order valence-electron chi connectivity index (χ3n) is 3.37. The molecular formula is C17H20N2O4S. The van der Waals surface area contributed by atoms with Crippen LogP contribution in [0.3, 0.4) is 0 Å². The number of carbonyl (C=O) groups excluding carboxylic acids is 1. The van der Waals surface area contributed by atoms with Crippen molar-refractivity contribution < 1.29 is 19.0 Å². The lowest BCUT2D eigenvalue weighted by Gasteiger charge is -2.13. The first-order chi connectivity index (χ1) is 11.5. The Labute approximate surface area is 145 Å². The van der Waals surface area contributed by atoms with Crippen molar-refractivity contribution in [3.63, 3.8) is 0 Å². The van der Waals surface area contributed by atoms with Gasteiger partial charge in [0.15, 0.2) is 17.7 Å². The molecule has 0 aliphatic rings. The molecule has 1 aromatic carbocycles. The number of benzene rings is 1. The summed E-state index contributed by atoms with van der Waals surface area (Å²) in [5.74, 6) is 1.11. The fourth-order valence-corrected chi connectivity index (χ4v) is 2.94. The summed E-state index contributed by atoms with van der Waals surface area (Å²) >= 11 is 1.22. The summed E-state index contributed by atoms with van der Waals surface area (Å²) in [6, 6.07) is 10.6. The van der Waals surface area contributed by atoms with Gasteiger partial charge >= 0.3 is 0 Å². The molecule has 1 N–H and O–H groups in total. The summed E-state index contributed by atoms with van der Waals surface area (Å²) in [6.07, 6.45) is 1.41. The Kier molecular flexibility index (Phi) is 6.31. The summed E-state index contributed by atoms with van der Waals surface area (Å²) in [7, 11) is 3.14. The van der Waals surface area contributed by atoms with Crippen molar-refractivity contribution in [1.82, 2.24) is 5.32 Å². The number of amides is 1. The molecule has 7 heteroatoms. The lowest BCUT2D eigenvalue weighted by atomic mass is 10.2. The molecule has 0 aliphatic heterocycles. The first-order valence-electron chi connectivity index (χ1n) is 7.38. The predicted molar refractivity (Wildman–Crippen MR) is 92.1 cm³/mol. The van der Waals surface area contributed by atoms with Gasteiger partial charge in [0.25, 0.3) is 5.03 Å². The summed E-state index contributed by atoms with van der Waals surface area (Å²) in [5, 5.41) is 14.6. The van der Waals surface area contributed by atoms with Crippen LogP contribution in [0.5, 0.6) is 11.5 Å². The highest BCUT2D eigenvalue weighted by atomic mass is 32.2. The number of carbonyl (C=O) groups is 1. The van der Waals surface area contributed by atoms with E-state index in [1.165, 1.54) is 18.0 Å². The van der Waals surface area contributed by atoms with E-state index in [1.807, 2.05) is 12.1 Å². The number of nitrogens with one attached hydrogen (secondary N) is 1. The summed E-state index contributed by atoms with van der Waals surface area (Å²) in [6.45, 7) is 2.14. The molecule has 0 radical (unpaired) electrons. The van der Waals surface area contributed by atoms with Gasteiger partial charge in [-0.25, -0.2) is 0 Å². The van der Waals surface area contributed by atoms with Crippen LogP contribution in [-0.4, -0.2) is 25.4 Å². The number of hydrogen-bond donors (Lipinski definition) is 1. The van der Waals surface area contributed by atoms with Crippen molar-refractivity contribution in [2.45, 2.75) is 23.7 Å². The van der Waals surface area contributed by atoms with Crippen LogP contribution in [0.2, 0.25) is 0 Å². The van der Waals surface area contributed by atoms with Crippen LogP contribution in [0, 0.1) is 5.21 Å². The fourth-order valence-electron chi connectivity index (χ4n) is 2.06. The lowest BCUT2D eigenvalue weighted by Crippen LogP contribution is -2.33. The second-order valence-electron chi connectivity index (χ2n) is 5.03. The highest BCUT2D eigenvalue weighted by Crippen LogP contribution is 2.27. The van der Waals surface area contributed by atoms with E-state index in [4.69, 9.17) is 9.47 Å². The SMILES string of the molecule is COc1ccc(CNC(=O)C(C)Sc2cccc[n+]2[O-])cc1OC. The van der Waals surface area contributed by atoms with Gasteiger partial charge in [0.1, 0.15) is 0 Å². The first kappa shape index (κ1) is 17.9. The van der Waals surface area contributed by atoms with E-state index in [2.05, 4.69) is 5.32 Å². The Morgan fingerprint density at radius 2 is 2.00 bits per heavy atom. The zero-order chi connectivity index (χ0) is 17.5. The molecule has 0 saturated carbocycles. The van der Waals surface area contributed by atoms with Crippen LogP contribution < -0.4 is 19.5 Å². The van der Waals surface area contributed by atoms with Crippen molar-refractivity contribution in [1.29, 1.82) is 0 Å². The maximum absolute atomic E-state index is 12.2. The number of aromatic nitrogens is 1. The van der Waals surface area contributed by atoms with E-state index in [-0.39, 0.29) is 11.2 Å². The van der Waals surface area contributed by atoms with Crippen molar-refractivity contribution in [3.8, 4) is 11.5 Å². The Morgan fingerprint density at radius 1 is 1.25 bits per heavy atom. The molecule has 0 saturated heterocycles. The van der Waals surface area contributed by atoms with Crippen LogP contribution in [0.1, 0.15) is 12.5 Å². The lowest BCUT2D eigenvalue weighted by molar-refractivity contribution is -0.645. The molecule has 1 heterocycles. The third kappa shape index (κ3) is 4.55. The van der Waals surface area contributed by atoms with Gasteiger partial charge in [-0.2, -0.15) is 4.73 Å². The normalized spacial score (nSPS) is 11.6. The van der Waals surface area contributed by atoms with Gasteiger partial charge in [0.05, 0.1) is 19.5 Å². The van der Waals surface area contributed by atoms with E-state index < -0.39 is 0 Å². The van der Waals surface area contributed by atoms with E-state index in [0.717, 1.165) is 10.3 Å². The molecule has 0 fully saturated rings. The third-order valence-corrected chi connectivity index (χ3v) is 4.50. The van der Waals surface area contributed by atoms with Crippen LogP contribution >= 0.6 is 11.8 Å². The van der Waals surface area contributed by atoms with Crippen molar-refractivity contribution >= 4 is 17.7 Å². The quantitative estimate of drug-likeness (QED) is 0.471. The van der Waals surface area contributed by atoms with Crippen LogP contribution in [0.15, 0.2) is 47.6 Å². The van der Waals surface area contributed by atoms with Crippen molar-refractivity contribution in [3.05, 3.63) is 53.4 Å². The van der Waals surface area contributed by atoms with Gasteiger partial charge in [-0.3, -0.25) is 4.79 Å². The second-order valence-corrected chi connectivity index (χ2v) is 6.39. The first-order valence-corrected chi connectivity index (χ1v) is 8.26. The van der Waals surface area contributed by atoms with Crippen LogP contribution in [0.25, 0.3) is 0 Å². The predicted octanol–water partition coefficient (Wildman–Crippen LogP) is 2.13. The molecule has 6 nitrogen and oxygen atoms in total. The van der Waals surface area contributed by atoms with Gasteiger partial charge in [0, 0.05) is 18.7 Å². The van der Waals surface area contributed by atoms with Gasteiger partial charge in [-0.05, 0) is 42.4 Å². The monoisotopic (exact) mass is 348 g/mol. The zero-order valence-electron chi connectivity index (χ0n) is 13.8. The molecule has 128 valence electrons. The van der Waals surface area contributed by atoms with E-state index in [9.17, 15) is 10.0 Å². The van der Waals surface area contributed by atoms with E-state index >= 15 is 0 Å². The van der Waals surface area contributed by atoms with Gasteiger partial charge in [-0.15, -0.1) is 0 Å². The maximum atomic E-state index is 12.2. The number of hydrogen-bond acceptors (Lipinski definition) is 5. The highest BCUT2D eigenvalue weighted by Gasteiger charge is 2.18. The number of pyridine rings is 1. The van der Waals surface area contributed by atoms with Crippen LogP contribution in [0.4, 0.5) is 0 Å². The Balaban J connectivity index is 1.94. The second kappa shape index (κ2) is 8.44. The van der Waals surface area contributed by atoms with Gasteiger partial charge < -0.3 is 20.0 Å². The standard InChI is InChI=1S/C17H20N2O4S/c1-12(24-16-6-4-5-9-19(16)21)17(20)18-11-13-7-8-14(22-2)15(10-13)23-3/h4-10,12H,11H2,1-3H3,(H,18,20). The Hall–Kier alpha value is -2.41. The smallest absolute Gasteiger partial charge is 0.252 e. The number of rotatable bonds is 7.